The number of allylic oxidation sites excluding steroid dienone is 2. The van der Waals surface area contributed by atoms with E-state index in [9.17, 15) is 4.91 Å². The zero-order valence-corrected chi connectivity index (χ0v) is 6.06. The molecule has 0 radical (unpaired) electrons. The summed E-state index contributed by atoms with van der Waals surface area (Å²) in [5, 5.41) is 3.43. The number of nitrogens with one attached hydrogen (secondary N) is 1. The van der Waals surface area contributed by atoms with E-state index in [1.54, 1.807) is 19.1 Å². The van der Waals surface area contributed by atoms with Crippen molar-refractivity contribution in [2.75, 3.05) is 0 Å². The molecule has 0 bridgehead atoms. The summed E-state index contributed by atoms with van der Waals surface area (Å²) < 4.78 is 0.660. The molecular formula is C6H8N4O+2. The van der Waals surface area contributed by atoms with Crippen molar-refractivity contribution < 1.29 is 4.76 Å². The summed E-state index contributed by atoms with van der Waals surface area (Å²) in [5.74, 6) is 0. The lowest BCUT2D eigenvalue weighted by Gasteiger charge is -1.97. The topological polar surface area (TPSA) is 70.4 Å². The average Bonchev–Trinajstić information content (AvgIpc) is 1.97. The van der Waals surface area contributed by atoms with E-state index in [0.29, 0.717) is 4.76 Å². The van der Waals surface area contributed by atoms with Gasteiger partial charge in [0.25, 0.3) is 0 Å². The predicted octanol–water partition coefficient (Wildman–Crippen LogP) is 1.12. The SMILES string of the molecule is CC1=CC=C[N+](=O)C1N=[N+]=N. The van der Waals surface area contributed by atoms with Crippen LogP contribution in [0.4, 0.5) is 0 Å². The molecule has 11 heavy (non-hydrogen) atoms. The van der Waals surface area contributed by atoms with Crippen LogP contribution in [-0.2, 0) is 0 Å². The van der Waals surface area contributed by atoms with Crippen LogP contribution in [0.25, 0.3) is 0 Å². The van der Waals surface area contributed by atoms with Gasteiger partial charge in [-0.25, -0.2) is 0 Å². The maximum absolute atomic E-state index is 10.9. The highest BCUT2D eigenvalue weighted by Crippen LogP contribution is 2.11. The molecule has 0 amide bonds. The number of rotatable bonds is 1. The Kier molecular flexibility index (Phi) is 2.03. The predicted molar refractivity (Wildman–Crippen MR) is 37.6 cm³/mol. The van der Waals surface area contributed by atoms with E-state index >= 15 is 0 Å². The Morgan fingerprint density at radius 1 is 1.82 bits per heavy atom. The van der Waals surface area contributed by atoms with E-state index in [1.165, 1.54) is 6.20 Å². The summed E-state index contributed by atoms with van der Waals surface area (Å²) in [6.45, 7) is 1.77. The Morgan fingerprint density at radius 3 is 3.09 bits per heavy atom. The van der Waals surface area contributed by atoms with Crippen LogP contribution in [0.3, 0.4) is 0 Å². The van der Waals surface area contributed by atoms with Gasteiger partial charge in [0.2, 0.25) is 16.2 Å². The minimum Gasteiger partial charge on any atom is -0.0481 e. The number of hydrogen-bond donors (Lipinski definition) is 1. The van der Waals surface area contributed by atoms with E-state index in [4.69, 9.17) is 5.53 Å². The van der Waals surface area contributed by atoms with E-state index in [0.717, 1.165) is 5.57 Å². The molecule has 1 N–H and O–H groups in total. The minimum absolute atomic E-state index is 0.641. The van der Waals surface area contributed by atoms with Crippen molar-refractivity contribution in [3.63, 3.8) is 0 Å². The van der Waals surface area contributed by atoms with Gasteiger partial charge >= 0.3 is 6.17 Å². The molecular weight excluding hydrogens is 144 g/mol. The molecule has 1 aliphatic heterocycles. The molecule has 56 valence electrons. The lowest BCUT2D eigenvalue weighted by atomic mass is 10.2. The fourth-order valence-corrected chi connectivity index (χ4v) is 0.845. The number of nitrogens with zero attached hydrogens (tertiary/aromatic N) is 3. The smallest absolute Gasteiger partial charge is 0.0481 e. The van der Waals surface area contributed by atoms with Crippen LogP contribution in [0.15, 0.2) is 29.0 Å². The van der Waals surface area contributed by atoms with Crippen molar-refractivity contribution >= 4 is 0 Å². The van der Waals surface area contributed by atoms with Crippen LogP contribution in [0.2, 0.25) is 0 Å². The first-order valence-corrected chi connectivity index (χ1v) is 3.12. The fraction of sp³-hybridized carbons (Fsp3) is 0.333. The van der Waals surface area contributed by atoms with Gasteiger partial charge in [0.05, 0.1) is 4.76 Å². The summed E-state index contributed by atoms with van der Waals surface area (Å²) in [5.41, 5.74) is 7.25. The second-order valence-corrected chi connectivity index (χ2v) is 2.20. The van der Waals surface area contributed by atoms with Crippen LogP contribution in [0.1, 0.15) is 6.92 Å². The van der Waals surface area contributed by atoms with E-state index < -0.39 is 6.17 Å². The second-order valence-electron chi connectivity index (χ2n) is 2.20. The summed E-state index contributed by atoms with van der Waals surface area (Å²) >= 11 is 0. The van der Waals surface area contributed by atoms with Crippen LogP contribution < -0.4 is 4.91 Å². The van der Waals surface area contributed by atoms with Crippen LogP contribution >= 0.6 is 0 Å². The van der Waals surface area contributed by atoms with Gasteiger partial charge in [-0.3, -0.25) is 0 Å². The Hall–Kier alpha value is -1.61. The first-order chi connectivity index (χ1) is 5.25. The summed E-state index contributed by atoms with van der Waals surface area (Å²) in [4.78, 5) is 13.8. The van der Waals surface area contributed by atoms with Crippen molar-refractivity contribution in [3.8, 4) is 0 Å². The van der Waals surface area contributed by atoms with Crippen LogP contribution in [-0.4, -0.2) is 10.9 Å². The molecule has 0 saturated heterocycles. The van der Waals surface area contributed by atoms with E-state index in [1.807, 2.05) is 0 Å². The molecule has 1 aliphatic rings. The molecule has 0 fully saturated rings. The third-order valence-corrected chi connectivity index (χ3v) is 1.41. The van der Waals surface area contributed by atoms with Gasteiger partial charge in [0.15, 0.2) is 0 Å². The summed E-state index contributed by atoms with van der Waals surface area (Å²) in [6.07, 6.45) is 4.12. The van der Waals surface area contributed by atoms with Crippen molar-refractivity contribution in [2.24, 2.45) is 5.11 Å². The second kappa shape index (κ2) is 2.98. The third kappa shape index (κ3) is 1.45. The fourth-order valence-electron chi connectivity index (χ4n) is 0.845. The lowest BCUT2D eigenvalue weighted by Crippen LogP contribution is -2.20. The lowest BCUT2D eigenvalue weighted by molar-refractivity contribution is -0.512. The zero-order valence-electron chi connectivity index (χ0n) is 6.06. The van der Waals surface area contributed by atoms with Gasteiger partial charge < -0.3 is 0 Å². The average molecular weight is 152 g/mol. The van der Waals surface area contributed by atoms with Crippen molar-refractivity contribution in [1.29, 1.82) is 5.53 Å². The molecule has 0 aliphatic carbocycles. The van der Waals surface area contributed by atoms with E-state index in [2.05, 4.69) is 10.0 Å². The molecule has 1 heterocycles. The number of hydrogen-bond acceptors (Lipinski definition) is 3. The maximum atomic E-state index is 10.9. The molecule has 0 aromatic rings. The van der Waals surface area contributed by atoms with Gasteiger partial charge in [-0.05, 0) is 13.0 Å². The van der Waals surface area contributed by atoms with Gasteiger partial charge in [0, 0.05) is 16.6 Å². The largest absolute Gasteiger partial charge is 0.395 e. The Morgan fingerprint density at radius 2 is 2.55 bits per heavy atom. The molecule has 0 saturated carbocycles. The van der Waals surface area contributed by atoms with Crippen LogP contribution in [0.5, 0.6) is 0 Å². The third-order valence-electron chi connectivity index (χ3n) is 1.41. The highest BCUT2D eigenvalue weighted by atomic mass is 16.3. The Bertz CT molecular complexity index is 285. The maximum Gasteiger partial charge on any atom is 0.395 e. The van der Waals surface area contributed by atoms with Gasteiger partial charge in [-0.2, -0.15) is 0 Å². The molecule has 0 aromatic carbocycles. The molecule has 1 unspecified atom stereocenters. The zero-order chi connectivity index (χ0) is 8.27. The molecule has 5 heteroatoms. The Balaban J connectivity index is 2.95. The van der Waals surface area contributed by atoms with Gasteiger partial charge in [-0.15, -0.1) is 0 Å². The van der Waals surface area contributed by atoms with Gasteiger partial charge in [-0.1, -0.05) is 0 Å². The van der Waals surface area contributed by atoms with E-state index in [-0.39, 0.29) is 0 Å². The van der Waals surface area contributed by atoms with Gasteiger partial charge in [0.1, 0.15) is 5.53 Å². The molecule has 1 atom stereocenters. The normalized spacial score (nSPS) is 22.5. The molecule has 5 nitrogen and oxygen atoms in total. The quantitative estimate of drug-likeness (QED) is 0.341. The van der Waals surface area contributed by atoms with Crippen molar-refractivity contribution in [3.05, 3.63) is 28.8 Å². The first-order valence-electron chi connectivity index (χ1n) is 3.12. The highest BCUT2D eigenvalue weighted by Gasteiger charge is 2.31. The molecule has 0 aromatic heterocycles. The number of nitroso groups, excluding NO2 is 1. The first kappa shape index (κ1) is 7.50. The highest BCUT2D eigenvalue weighted by molar-refractivity contribution is 5.15. The van der Waals surface area contributed by atoms with Crippen LogP contribution in [0, 0.1) is 10.4 Å². The molecule has 1 rings (SSSR count). The minimum atomic E-state index is -0.641. The van der Waals surface area contributed by atoms with Crippen molar-refractivity contribution in [2.45, 2.75) is 13.1 Å². The summed E-state index contributed by atoms with van der Waals surface area (Å²) in [7, 11) is 0. The molecule has 0 spiro atoms. The Labute approximate surface area is 63.2 Å². The monoisotopic (exact) mass is 152 g/mol. The van der Waals surface area contributed by atoms with Crippen molar-refractivity contribution in [1.82, 2.24) is 4.91 Å². The standard InChI is InChI=1S/C6H8N4O/c1-5-3-2-4-10(11)6(5)8-9-7/h2-4,6-7H,1H3/q+2. The summed E-state index contributed by atoms with van der Waals surface area (Å²) in [6, 6.07) is 0.